The van der Waals surface area contributed by atoms with Crippen molar-refractivity contribution in [3.8, 4) is 6.07 Å². The number of hydrogen-bond donors (Lipinski definition) is 1. The largest absolute Gasteiger partial charge is 0.347 e. The fourth-order valence-electron chi connectivity index (χ4n) is 2.78. The van der Waals surface area contributed by atoms with Gasteiger partial charge in [0.05, 0.1) is 5.69 Å². The van der Waals surface area contributed by atoms with Crippen LogP contribution in [0.15, 0.2) is 54.1 Å². The summed E-state index contributed by atoms with van der Waals surface area (Å²) in [4.78, 5) is 12.4. The van der Waals surface area contributed by atoms with Crippen molar-refractivity contribution in [3.05, 3.63) is 71.2 Å². The lowest BCUT2D eigenvalue weighted by Gasteiger charge is -2.05. The van der Waals surface area contributed by atoms with E-state index >= 15 is 0 Å². The molecular weight excluding hydrogens is 317 g/mol. The molecule has 0 fully saturated rings. The molecule has 0 unspecified atom stereocenters. The summed E-state index contributed by atoms with van der Waals surface area (Å²) in [5.41, 5.74) is 2.72. The van der Waals surface area contributed by atoms with E-state index in [1.165, 1.54) is 18.2 Å². The van der Waals surface area contributed by atoms with Crippen molar-refractivity contribution in [2.75, 3.05) is 5.32 Å². The lowest BCUT2D eigenvalue weighted by Crippen LogP contribution is -2.14. The Morgan fingerprint density at radius 1 is 1.20 bits per heavy atom. The Morgan fingerprint density at radius 3 is 2.60 bits per heavy atom. The fourth-order valence-corrected chi connectivity index (χ4v) is 2.78. The number of anilines is 1. The van der Waals surface area contributed by atoms with E-state index in [4.69, 9.17) is 0 Å². The molecule has 0 aliphatic heterocycles. The second-order valence-electron chi connectivity index (χ2n) is 5.68. The normalized spacial score (nSPS) is 11.4. The summed E-state index contributed by atoms with van der Waals surface area (Å²) in [7, 11) is 1.93. The second-order valence-corrected chi connectivity index (χ2v) is 5.68. The Kier molecular flexibility index (Phi) is 4.36. The van der Waals surface area contributed by atoms with Gasteiger partial charge in [0, 0.05) is 29.2 Å². The Morgan fingerprint density at radius 2 is 1.88 bits per heavy atom. The molecule has 3 rings (SSSR count). The van der Waals surface area contributed by atoms with Gasteiger partial charge in [0.2, 0.25) is 0 Å². The number of nitriles is 1. The monoisotopic (exact) mass is 333 g/mol. The molecule has 1 N–H and O–H groups in total. The van der Waals surface area contributed by atoms with Gasteiger partial charge in [-0.2, -0.15) is 5.26 Å². The summed E-state index contributed by atoms with van der Waals surface area (Å²) in [5.74, 6) is -1.19. The summed E-state index contributed by atoms with van der Waals surface area (Å²) in [6.07, 6.45) is 1.55. The molecule has 1 amide bonds. The maximum Gasteiger partial charge on any atom is 0.266 e. The highest BCUT2D eigenvalue weighted by Crippen LogP contribution is 2.27. The predicted molar refractivity (Wildman–Crippen MR) is 96.3 cm³/mol. The minimum absolute atomic E-state index is 0.0447. The molecule has 0 saturated heterocycles. The number of amides is 1. The fraction of sp³-hybridized carbons (Fsp3) is 0.100. The highest BCUT2D eigenvalue weighted by molar-refractivity contribution is 6.11. The lowest BCUT2D eigenvalue weighted by molar-refractivity contribution is -0.112. The molecule has 2 aromatic carbocycles. The van der Waals surface area contributed by atoms with Crippen LogP contribution in [0.25, 0.3) is 17.0 Å². The highest BCUT2D eigenvalue weighted by Gasteiger charge is 2.15. The number of nitrogens with zero attached hydrogens (tertiary/aromatic N) is 2. The molecule has 5 heteroatoms. The van der Waals surface area contributed by atoms with Gasteiger partial charge in [-0.1, -0.05) is 30.3 Å². The van der Waals surface area contributed by atoms with Crippen LogP contribution in [-0.2, 0) is 11.8 Å². The van der Waals surface area contributed by atoms with Crippen molar-refractivity contribution in [2.45, 2.75) is 6.92 Å². The summed E-state index contributed by atoms with van der Waals surface area (Å²) in [6.45, 7) is 1.93. The van der Waals surface area contributed by atoms with E-state index in [2.05, 4.69) is 5.32 Å². The maximum atomic E-state index is 13.7. The molecule has 0 spiro atoms. The van der Waals surface area contributed by atoms with E-state index in [1.807, 2.05) is 48.9 Å². The first-order valence-corrected chi connectivity index (χ1v) is 7.74. The van der Waals surface area contributed by atoms with Gasteiger partial charge in [-0.25, -0.2) is 4.39 Å². The van der Waals surface area contributed by atoms with Gasteiger partial charge in [0.15, 0.2) is 0 Å². The number of aryl methyl sites for hydroxylation is 1. The van der Waals surface area contributed by atoms with Gasteiger partial charge in [0.1, 0.15) is 17.5 Å². The Balaban J connectivity index is 2.02. The third-order valence-corrected chi connectivity index (χ3v) is 4.22. The van der Waals surface area contributed by atoms with Crippen molar-refractivity contribution in [3.63, 3.8) is 0 Å². The minimum atomic E-state index is -0.639. The van der Waals surface area contributed by atoms with Gasteiger partial charge < -0.3 is 9.88 Å². The average Bonchev–Trinajstić information content (AvgIpc) is 2.86. The molecule has 0 bridgehead atoms. The van der Waals surface area contributed by atoms with E-state index in [0.29, 0.717) is 0 Å². The molecule has 0 aliphatic rings. The summed E-state index contributed by atoms with van der Waals surface area (Å²) in [5, 5.41) is 12.8. The van der Waals surface area contributed by atoms with Gasteiger partial charge in [-0.15, -0.1) is 0 Å². The van der Waals surface area contributed by atoms with Crippen LogP contribution < -0.4 is 5.32 Å². The first-order chi connectivity index (χ1) is 12.0. The Bertz CT molecular complexity index is 1040. The number of fused-ring (bicyclic) bond motifs is 1. The molecule has 0 aliphatic carbocycles. The summed E-state index contributed by atoms with van der Waals surface area (Å²) in [6, 6.07) is 15.5. The second kappa shape index (κ2) is 6.62. The first kappa shape index (κ1) is 16.5. The smallest absolute Gasteiger partial charge is 0.266 e. The molecule has 4 nitrogen and oxygen atoms in total. The molecule has 0 atom stereocenters. The van der Waals surface area contributed by atoms with Gasteiger partial charge in [-0.05, 0) is 31.2 Å². The number of hydrogen-bond acceptors (Lipinski definition) is 2. The molecule has 0 saturated carbocycles. The van der Waals surface area contributed by atoms with E-state index in [-0.39, 0.29) is 11.3 Å². The van der Waals surface area contributed by atoms with Crippen molar-refractivity contribution in [1.29, 1.82) is 5.26 Å². The molecular formula is C20H16FN3O. The van der Waals surface area contributed by atoms with Crippen LogP contribution >= 0.6 is 0 Å². The topological polar surface area (TPSA) is 57.8 Å². The quantitative estimate of drug-likeness (QED) is 0.578. The van der Waals surface area contributed by atoms with Gasteiger partial charge >= 0.3 is 0 Å². The van der Waals surface area contributed by atoms with Crippen molar-refractivity contribution >= 4 is 28.6 Å². The van der Waals surface area contributed by atoms with Crippen LogP contribution in [0.5, 0.6) is 0 Å². The number of aromatic nitrogens is 1. The Labute approximate surface area is 144 Å². The van der Waals surface area contributed by atoms with Crippen molar-refractivity contribution < 1.29 is 9.18 Å². The number of carbonyl (C=O) groups is 1. The number of rotatable bonds is 3. The molecule has 0 radical (unpaired) electrons. The van der Waals surface area contributed by atoms with Crippen LogP contribution in [0.4, 0.5) is 10.1 Å². The lowest BCUT2D eigenvalue weighted by atomic mass is 10.1. The minimum Gasteiger partial charge on any atom is -0.347 e. The van der Waals surface area contributed by atoms with E-state index < -0.39 is 11.7 Å². The van der Waals surface area contributed by atoms with Crippen molar-refractivity contribution in [2.24, 2.45) is 7.05 Å². The molecule has 1 heterocycles. The first-order valence-electron chi connectivity index (χ1n) is 7.74. The summed E-state index contributed by atoms with van der Waals surface area (Å²) >= 11 is 0. The number of halogens is 1. The maximum absolute atomic E-state index is 13.7. The SMILES string of the molecule is Cc1c(/C=C(/C#N)C(=O)Nc2ccccc2F)c2ccccc2n1C. The average molecular weight is 333 g/mol. The third kappa shape index (κ3) is 3.02. The van der Waals surface area contributed by atoms with E-state index in [1.54, 1.807) is 12.1 Å². The highest BCUT2D eigenvalue weighted by atomic mass is 19.1. The number of carbonyl (C=O) groups excluding carboxylic acids is 1. The number of benzene rings is 2. The van der Waals surface area contributed by atoms with Gasteiger partial charge in [-0.3, -0.25) is 4.79 Å². The third-order valence-electron chi connectivity index (χ3n) is 4.22. The molecule has 25 heavy (non-hydrogen) atoms. The van der Waals surface area contributed by atoms with Gasteiger partial charge in [0.25, 0.3) is 5.91 Å². The van der Waals surface area contributed by atoms with Crippen LogP contribution in [0.2, 0.25) is 0 Å². The predicted octanol–water partition coefficient (Wildman–Crippen LogP) is 4.17. The van der Waals surface area contributed by atoms with Crippen LogP contribution in [-0.4, -0.2) is 10.5 Å². The zero-order chi connectivity index (χ0) is 18.0. The van der Waals surface area contributed by atoms with Crippen LogP contribution in [0.1, 0.15) is 11.3 Å². The van der Waals surface area contributed by atoms with E-state index in [9.17, 15) is 14.4 Å². The zero-order valence-corrected chi connectivity index (χ0v) is 13.9. The van der Waals surface area contributed by atoms with Crippen LogP contribution in [0.3, 0.4) is 0 Å². The number of para-hydroxylation sites is 2. The molecule has 124 valence electrons. The van der Waals surface area contributed by atoms with Crippen LogP contribution in [0, 0.1) is 24.1 Å². The summed E-state index contributed by atoms with van der Waals surface area (Å²) < 4.78 is 15.7. The number of nitrogens with one attached hydrogen (secondary N) is 1. The molecule has 1 aromatic heterocycles. The van der Waals surface area contributed by atoms with Crippen molar-refractivity contribution in [1.82, 2.24) is 4.57 Å². The van der Waals surface area contributed by atoms with E-state index in [0.717, 1.165) is 22.2 Å². The standard InChI is InChI=1S/C20H16FN3O/c1-13-16(15-7-3-6-10-19(15)24(13)2)11-14(12-22)20(25)23-18-9-5-4-8-17(18)21/h3-11H,1-2H3,(H,23,25)/b14-11-. The Hall–Kier alpha value is -3.39. The molecule has 3 aromatic rings. The zero-order valence-electron chi connectivity index (χ0n) is 13.9.